The number of carbonyl (C=O) groups excluding carboxylic acids is 1. The number of nitrogens with zero attached hydrogens (tertiary/aromatic N) is 2. The summed E-state index contributed by atoms with van der Waals surface area (Å²) in [4.78, 5) is 17.2. The van der Waals surface area contributed by atoms with Crippen LogP contribution in [-0.4, -0.2) is 32.6 Å². The van der Waals surface area contributed by atoms with E-state index in [0.29, 0.717) is 5.02 Å². The Hall–Kier alpha value is -3.12. The Bertz CT molecular complexity index is 1580. The van der Waals surface area contributed by atoms with E-state index in [2.05, 4.69) is 9.71 Å². The lowest BCUT2D eigenvalue weighted by molar-refractivity contribution is 0.0997. The fraction of sp³-hybridized carbons (Fsp3) is 0.130. The van der Waals surface area contributed by atoms with Gasteiger partial charge in [-0.3, -0.25) is 9.52 Å². The van der Waals surface area contributed by atoms with Gasteiger partial charge in [-0.05, 0) is 48.5 Å². The average molecular weight is 538 g/mol. The Kier molecular flexibility index (Phi) is 7.31. The summed E-state index contributed by atoms with van der Waals surface area (Å²) >= 11 is 6.77. The number of ether oxygens (including phenoxy) is 1. The van der Waals surface area contributed by atoms with E-state index in [9.17, 15) is 22.0 Å². The molecule has 7 nitrogen and oxygen atoms in total. The third kappa shape index (κ3) is 5.59. The van der Waals surface area contributed by atoms with Crippen LogP contribution in [0.15, 0.2) is 70.6 Å². The molecule has 0 fully saturated rings. The molecule has 0 aliphatic carbocycles. The maximum Gasteiger partial charge on any atom is 0.279 e. The molecule has 0 radical (unpaired) electrons. The molecule has 4 aromatic rings. The van der Waals surface area contributed by atoms with Gasteiger partial charge in [-0.15, -0.1) is 0 Å². The molecular weight excluding hydrogens is 520 g/mol. The van der Waals surface area contributed by atoms with Crippen LogP contribution in [0.5, 0.6) is 0 Å². The topological polar surface area (TPSA) is 89.8 Å². The minimum atomic E-state index is -3.92. The third-order valence-corrected chi connectivity index (χ3v) is 7.57. The molecule has 1 heterocycles. The summed E-state index contributed by atoms with van der Waals surface area (Å²) in [6.07, 6.45) is 0. The summed E-state index contributed by atoms with van der Waals surface area (Å²) in [7, 11) is -2.44. The standard InChI is InChI=1S/C23H18ClF2N3O4S2/c1-33-10-9-29-21-19(26)12-16(25)13-20(21)34-23(29)27-22(30)14-3-2-4-17(11-14)28-35(31,32)18-7-5-15(24)6-8-18/h2-8,11-13,28H,9-10H2,1H3. The number of anilines is 1. The lowest BCUT2D eigenvalue weighted by Gasteiger charge is -2.09. The van der Waals surface area contributed by atoms with Crippen molar-refractivity contribution in [1.82, 2.24) is 4.57 Å². The minimum Gasteiger partial charge on any atom is -0.383 e. The second-order valence-corrected chi connectivity index (χ2v) is 10.4. The molecule has 182 valence electrons. The predicted molar refractivity (Wildman–Crippen MR) is 130 cm³/mol. The molecule has 1 N–H and O–H groups in total. The van der Waals surface area contributed by atoms with E-state index in [1.165, 1.54) is 66.3 Å². The zero-order valence-corrected chi connectivity index (χ0v) is 20.6. The molecule has 12 heteroatoms. The summed E-state index contributed by atoms with van der Waals surface area (Å²) in [5.74, 6) is -2.20. The molecule has 0 spiro atoms. The third-order valence-electron chi connectivity index (χ3n) is 4.90. The van der Waals surface area contributed by atoms with Gasteiger partial charge in [0, 0.05) is 36.0 Å². The number of carbonyl (C=O) groups is 1. The molecule has 3 aromatic carbocycles. The molecule has 0 aliphatic rings. The Morgan fingerprint density at radius 3 is 2.60 bits per heavy atom. The van der Waals surface area contributed by atoms with E-state index in [0.717, 1.165) is 17.4 Å². The van der Waals surface area contributed by atoms with Crippen LogP contribution in [0.4, 0.5) is 14.5 Å². The molecule has 35 heavy (non-hydrogen) atoms. The lowest BCUT2D eigenvalue weighted by atomic mass is 10.2. The number of fused-ring (bicyclic) bond motifs is 1. The van der Waals surface area contributed by atoms with E-state index in [4.69, 9.17) is 16.3 Å². The number of sulfonamides is 1. The monoisotopic (exact) mass is 537 g/mol. The summed E-state index contributed by atoms with van der Waals surface area (Å²) in [5.41, 5.74) is 0.367. The van der Waals surface area contributed by atoms with Gasteiger partial charge in [0.1, 0.15) is 5.82 Å². The zero-order valence-electron chi connectivity index (χ0n) is 18.2. The van der Waals surface area contributed by atoms with Crippen molar-refractivity contribution in [2.24, 2.45) is 4.99 Å². The van der Waals surface area contributed by atoms with E-state index in [1.807, 2.05) is 0 Å². The number of thiazole rings is 1. The van der Waals surface area contributed by atoms with Crippen LogP contribution >= 0.6 is 22.9 Å². The van der Waals surface area contributed by atoms with Crippen molar-refractivity contribution in [2.75, 3.05) is 18.4 Å². The van der Waals surface area contributed by atoms with Crippen LogP contribution in [0.1, 0.15) is 10.4 Å². The van der Waals surface area contributed by atoms with Crippen LogP contribution in [0.3, 0.4) is 0 Å². The average Bonchev–Trinajstić information content (AvgIpc) is 3.14. The Labute approximate surface area is 208 Å². The molecule has 0 saturated heterocycles. The first-order valence-electron chi connectivity index (χ1n) is 10.1. The maximum atomic E-state index is 14.5. The number of rotatable bonds is 7. The van der Waals surface area contributed by atoms with Gasteiger partial charge in [0.05, 0.1) is 21.7 Å². The highest BCUT2D eigenvalue weighted by Crippen LogP contribution is 2.23. The van der Waals surface area contributed by atoms with Gasteiger partial charge in [-0.1, -0.05) is 29.0 Å². The molecule has 0 atom stereocenters. The predicted octanol–water partition coefficient (Wildman–Crippen LogP) is 4.82. The van der Waals surface area contributed by atoms with E-state index < -0.39 is 27.6 Å². The molecule has 0 unspecified atom stereocenters. The highest BCUT2D eigenvalue weighted by atomic mass is 35.5. The van der Waals surface area contributed by atoms with Crippen LogP contribution in [-0.2, 0) is 21.3 Å². The van der Waals surface area contributed by atoms with Gasteiger partial charge >= 0.3 is 0 Å². The van der Waals surface area contributed by atoms with Crippen LogP contribution in [0.25, 0.3) is 10.2 Å². The van der Waals surface area contributed by atoms with Crippen LogP contribution in [0.2, 0.25) is 5.02 Å². The van der Waals surface area contributed by atoms with Gasteiger partial charge in [0.2, 0.25) is 0 Å². The van der Waals surface area contributed by atoms with E-state index in [1.54, 1.807) is 0 Å². The highest BCUT2D eigenvalue weighted by Gasteiger charge is 2.17. The first-order chi connectivity index (χ1) is 16.7. The van der Waals surface area contributed by atoms with Crippen molar-refractivity contribution in [1.29, 1.82) is 0 Å². The molecule has 1 amide bonds. The highest BCUT2D eigenvalue weighted by molar-refractivity contribution is 7.92. The van der Waals surface area contributed by atoms with Crippen molar-refractivity contribution < 1.29 is 26.7 Å². The zero-order chi connectivity index (χ0) is 25.2. The van der Waals surface area contributed by atoms with Crippen molar-refractivity contribution >= 4 is 54.8 Å². The van der Waals surface area contributed by atoms with Crippen molar-refractivity contribution in [2.45, 2.75) is 11.4 Å². The largest absolute Gasteiger partial charge is 0.383 e. The number of amides is 1. The van der Waals surface area contributed by atoms with Crippen molar-refractivity contribution in [3.05, 3.63) is 87.7 Å². The fourth-order valence-corrected chi connectivity index (χ4v) is 5.57. The molecule has 1 aromatic heterocycles. The number of benzene rings is 3. The Morgan fingerprint density at radius 1 is 1.14 bits per heavy atom. The minimum absolute atomic E-state index is 0.00189. The first-order valence-corrected chi connectivity index (χ1v) is 12.8. The van der Waals surface area contributed by atoms with Gasteiger partial charge in [-0.2, -0.15) is 4.99 Å². The summed E-state index contributed by atoms with van der Waals surface area (Å²) < 4.78 is 62.7. The fourth-order valence-electron chi connectivity index (χ4n) is 3.30. The molecule has 4 rings (SSSR count). The summed E-state index contributed by atoms with van der Waals surface area (Å²) in [6.45, 7) is 0.401. The molecule has 0 saturated carbocycles. The van der Waals surface area contributed by atoms with Gasteiger partial charge in [0.15, 0.2) is 10.6 Å². The molecular formula is C23H18ClF2N3O4S2. The molecule has 0 bridgehead atoms. The quantitative estimate of drug-likeness (QED) is 0.366. The van der Waals surface area contributed by atoms with E-state index in [-0.39, 0.29) is 44.3 Å². The number of halogens is 3. The van der Waals surface area contributed by atoms with Gasteiger partial charge < -0.3 is 9.30 Å². The Morgan fingerprint density at radius 2 is 1.89 bits per heavy atom. The normalized spacial score (nSPS) is 12.3. The second-order valence-electron chi connectivity index (χ2n) is 7.32. The van der Waals surface area contributed by atoms with Gasteiger partial charge in [0.25, 0.3) is 15.9 Å². The van der Waals surface area contributed by atoms with Crippen LogP contribution in [0, 0.1) is 11.6 Å². The SMILES string of the molecule is COCCn1c(=NC(=O)c2cccc(NS(=O)(=O)c3ccc(Cl)cc3)c2)sc2cc(F)cc(F)c21. The summed E-state index contributed by atoms with van der Waals surface area (Å²) in [5, 5.41) is 0.393. The molecule has 0 aliphatic heterocycles. The first kappa shape index (κ1) is 25.0. The second kappa shape index (κ2) is 10.2. The van der Waals surface area contributed by atoms with Crippen molar-refractivity contribution in [3.63, 3.8) is 0 Å². The summed E-state index contributed by atoms with van der Waals surface area (Å²) in [6, 6.07) is 13.4. The van der Waals surface area contributed by atoms with Crippen LogP contribution < -0.4 is 9.52 Å². The van der Waals surface area contributed by atoms with E-state index >= 15 is 0 Å². The Balaban J connectivity index is 1.69. The number of methoxy groups -OCH3 is 1. The lowest BCUT2D eigenvalue weighted by Crippen LogP contribution is -2.20. The number of hydrogen-bond acceptors (Lipinski definition) is 5. The maximum absolute atomic E-state index is 14.5. The smallest absolute Gasteiger partial charge is 0.279 e. The number of nitrogens with one attached hydrogen (secondary N) is 1. The van der Waals surface area contributed by atoms with Gasteiger partial charge in [-0.25, -0.2) is 17.2 Å². The van der Waals surface area contributed by atoms with Crippen molar-refractivity contribution in [3.8, 4) is 0 Å². The number of aromatic nitrogens is 1. The number of hydrogen-bond donors (Lipinski definition) is 1.